The first kappa shape index (κ1) is 25.1. The molecule has 3 aromatic carbocycles. The van der Waals surface area contributed by atoms with Gasteiger partial charge in [0.2, 0.25) is 0 Å². The van der Waals surface area contributed by atoms with Gasteiger partial charge in [0.1, 0.15) is 24.0 Å². The number of nitrogens with two attached hydrogens (primary N) is 1. The number of halogens is 4. The number of hydrogen-bond donors (Lipinski definition) is 2. The van der Waals surface area contributed by atoms with Crippen LogP contribution in [-0.2, 0) is 0 Å². The quantitative estimate of drug-likeness (QED) is 0.507. The summed E-state index contributed by atoms with van der Waals surface area (Å²) < 4.78 is 32.8. The van der Waals surface area contributed by atoms with Crippen LogP contribution in [0.2, 0.25) is 0 Å². The summed E-state index contributed by atoms with van der Waals surface area (Å²) in [6.45, 7) is 2.14. The lowest BCUT2D eigenvalue weighted by molar-refractivity contribution is 0.275. The van der Waals surface area contributed by atoms with Crippen LogP contribution in [0.1, 0.15) is 6.42 Å². The first-order chi connectivity index (χ1) is 14.1. The summed E-state index contributed by atoms with van der Waals surface area (Å²) in [7, 11) is 0. The third-order valence-corrected chi connectivity index (χ3v) is 5.36. The van der Waals surface area contributed by atoms with E-state index in [1.807, 2.05) is 18.2 Å². The molecule has 0 spiro atoms. The lowest BCUT2D eigenvalue weighted by atomic mass is 9.98. The Morgan fingerprint density at radius 1 is 0.806 bits per heavy atom. The summed E-state index contributed by atoms with van der Waals surface area (Å²) in [6.07, 6.45) is 0.999. The zero-order valence-corrected chi connectivity index (χ0v) is 18.5. The smallest absolute Gasteiger partial charge is 0.123 e. The highest BCUT2D eigenvalue weighted by Crippen LogP contribution is 2.32. The molecule has 31 heavy (non-hydrogen) atoms. The second kappa shape index (κ2) is 11.4. The molecule has 0 aromatic heterocycles. The maximum atomic E-state index is 13.3. The predicted octanol–water partition coefficient (Wildman–Crippen LogP) is 5.46. The van der Waals surface area contributed by atoms with E-state index in [2.05, 4.69) is 5.32 Å². The highest BCUT2D eigenvalue weighted by molar-refractivity contribution is 5.85. The number of benzene rings is 3. The molecule has 1 fully saturated rings. The van der Waals surface area contributed by atoms with Gasteiger partial charge in [-0.15, -0.1) is 24.8 Å². The summed E-state index contributed by atoms with van der Waals surface area (Å²) >= 11 is 0. The number of hydrogen-bond acceptors (Lipinski definition) is 3. The van der Waals surface area contributed by atoms with Gasteiger partial charge in [0, 0.05) is 6.04 Å². The van der Waals surface area contributed by atoms with E-state index in [4.69, 9.17) is 10.5 Å². The molecule has 0 saturated carbocycles. The average molecular weight is 467 g/mol. The lowest BCUT2D eigenvalue weighted by Crippen LogP contribution is -2.28. The van der Waals surface area contributed by atoms with Gasteiger partial charge >= 0.3 is 0 Å². The summed E-state index contributed by atoms with van der Waals surface area (Å²) in [5.74, 6) is 0.663. The molecule has 3 N–H and O–H groups in total. The Morgan fingerprint density at radius 3 is 1.77 bits per heavy atom. The minimum Gasteiger partial charge on any atom is -0.492 e. The fourth-order valence-electron chi connectivity index (χ4n) is 3.71. The van der Waals surface area contributed by atoms with Crippen LogP contribution in [0.3, 0.4) is 0 Å². The van der Waals surface area contributed by atoms with Crippen LogP contribution >= 0.6 is 24.8 Å². The SMILES string of the molecule is Cl.Cl.NC[C@H]1CN[C@H](COc2cc(-c3ccc(F)cc3)cc(-c3ccc(F)cc3)c2)C1. The molecule has 4 rings (SSSR count). The molecule has 0 radical (unpaired) electrons. The van der Waals surface area contributed by atoms with Crippen molar-refractivity contribution in [2.24, 2.45) is 11.7 Å². The minimum absolute atomic E-state index is 0. The van der Waals surface area contributed by atoms with Gasteiger partial charge in [0.05, 0.1) is 0 Å². The maximum absolute atomic E-state index is 13.3. The van der Waals surface area contributed by atoms with Crippen molar-refractivity contribution in [3.63, 3.8) is 0 Å². The van der Waals surface area contributed by atoms with Crippen molar-refractivity contribution in [2.45, 2.75) is 12.5 Å². The standard InChI is InChI=1S/C24H24F2N2O.2ClH/c25-21-5-1-17(2-6-21)19-10-20(18-3-7-22(26)8-4-18)12-24(11-19)29-15-23-9-16(13-27)14-28-23;;/h1-8,10-12,16,23,28H,9,13-15,27H2;2*1H/t16-,23-;;/m0../s1. The topological polar surface area (TPSA) is 47.3 Å². The van der Waals surface area contributed by atoms with Crippen molar-refractivity contribution in [1.29, 1.82) is 0 Å². The van der Waals surface area contributed by atoms with Crippen molar-refractivity contribution in [2.75, 3.05) is 19.7 Å². The Morgan fingerprint density at radius 2 is 1.32 bits per heavy atom. The molecule has 0 unspecified atom stereocenters. The van der Waals surface area contributed by atoms with Gasteiger partial charge in [-0.3, -0.25) is 0 Å². The van der Waals surface area contributed by atoms with E-state index in [0.717, 1.165) is 41.0 Å². The van der Waals surface area contributed by atoms with E-state index in [0.29, 0.717) is 19.1 Å². The van der Waals surface area contributed by atoms with Crippen LogP contribution in [0.4, 0.5) is 8.78 Å². The van der Waals surface area contributed by atoms with E-state index >= 15 is 0 Å². The van der Waals surface area contributed by atoms with Crippen LogP contribution in [-0.4, -0.2) is 25.7 Å². The van der Waals surface area contributed by atoms with Crippen molar-refractivity contribution < 1.29 is 13.5 Å². The summed E-state index contributed by atoms with van der Waals surface area (Å²) in [6, 6.07) is 18.9. The third kappa shape index (κ3) is 6.40. The van der Waals surface area contributed by atoms with Gasteiger partial charge in [-0.2, -0.15) is 0 Å². The number of ether oxygens (including phenoxy) is 1. The van der Waals surface area contributed by atoms with E-state index in [1.54, 1.807) is 24.3 Å². The first-order valence-corrected chi connectivity index (χ1v) is 9.84. The van der Waals surface area contributed by atoms with Gasteiger partial charge in [0.25, 0.3) is 0 Å². The highest BCUT2D eigenvalue weighted by atomic mass is 35.5. The normalized spacial score (nSPS) is 17.5. The van der Waals surface area contributed by atoms with Crippen molar-refractivity contribution in [3.8, 4) is 28.0 Å². The van der Waals surface area contributed by atoms with E-state index in [9.17, 15) is 8.78 Å². The van der Waals surface area contributed by atoms with Gasteiger partial charge in [-0.05, 0) is 90.1 Å². The van der Waals surface area contributed by atoms with Crippen LogP contribution in [0.15, 0.2) is 66.7 Å². The van der Waals surface area contributed by atoms with Crippen molar-refractivity contribution in [3.05, 3.63) is 78.4 Å². The molecule has 1 aliphatic heterocycles. The van der Waals surface area contributed by atoms with E-state index in [-0.39, 0.29) is 42.5 Å². The number of nitrogens with one attached hydrogen (secondary N) is 1. The van der Waals surface area contributed by atoms with Crippen LogP contribution in [0, 0.1) is 17.6 Å². The molecule has 2 atom stereocenters. The zero-order chi connectivity index (χ0) is 20.2. The molecule has 3 nitrogen and oxygen atoms in total. The summed E-state index contributed by atoms with van der Waals surface area (Å²) in [4.78, 5) is 0. The van der Waals surface area contributed by atoms with E-state index < -0.39 is 0 Å². The minimum atomic E-state index is -0.276. The number of rotatable bonds is 6. The average Bonchev–Trinajstić information content (AvgIpc) is 3.21. The second-order valence-electron chi connectivity index (χ2n) is 7.51. The molecule has 166 valence electrons. The van der Waals surface area contributed by atoms with Gasteiger partial charge in [0.15, 0.2) is 0 Å². The van der Waals surface area contributed by atoms with Crippen LogP contribution in [0.25, 0.3) is 22.3 Å². The molecule has 0 aliphatic carbocycles. The van der Waals surface area contributed by atoms with Gasteiger partial charge in [-0.1, -0.05) is 24.3 Å². The first-order valence-electron chi connectivity index (χ1n) is 9.84. The Bertz CT molecular complexity index is 905. The zero-order valence-electron chi connectivity index (χ0n) is 16.9. The summed E-state index contributed by atoms with van der Waals surface area (Å²) in [5, 5.41) is 3.44. The molecular formula is C24H26Cl2F2N2O. The Hall–Kier alpha value is -2.18. The largest absolute Gasteiger partial charge is 0.492 e. The second-order valence-corrected chi connectivity index (χ2v) is 7.51. The Labute approximate surface area is 193 Å². The lowest BCUT2D eigenvalue weighted by Gasteiger charge is -2.15. The van der Waals surface area contributed by atoms with Gasteiger partial charge < -0.3 is 15.8 Å². The highest BCUT2D eigenvalue weighted by Gasteiger charge is 2.23. The van der Waals surface area contributed by atoms with Crippen LogP contribution < -0.4 is 15.8 Å². The van der Waals surface area contributed by atoms with Gasteiger partial charge in [-0.25, -0.2) is 8.78 Å². The Kier molecular flexibility index (Phi) is 9.26. The van der Waals surface area contributed by atoms with Crippen molar-refractivity contribution in [1.82, 2.24) is 5.32 Å². The van der Waals surface area contributed by atoms with E-state index in [1.165, 1.54) is 24.3 Å². The van der Waals surface area contributed by atoms with Crippen molar-refractivity contribution >= 4 is 24.8 Å². The monoisotopic (exact) mass is 466 g/mol. The fraction of sp³-hybridized carbons (Fsp3) is 0.250. The Balaban J connectivity index is 0.00000171. The predicted molar refractivity (Wildman–Crippen MR) is 126 cm³/mol. The molecule has 1 saturated heterocycles. The van der Waals surface area contributed by atoms with Crippen LogP contribution in [0.5, 0.6) is 5.75 Å². The fourth-order valence-corrected chi connectivity index (χ4v) is 3.71. The molecule has 3 aromatic rings. The maximum Gasteiger partial charge on any atom is 0.123 e. The molecular weight excluding hydrogens is 441 g/mol. The molecule has 1 heterocycles. The summed E-state index contributed by atoms with van der Waals surface area (Å²) in [5.41, 5.74) is 9.38. The molecule has 0 bridgehead atoms. The molecule has 1 aliphatic rings. The molecule has 0 amide bonds. The third-order valence-electron chi connectivity index (χ3n) is 5.36. The molecule has 7 heteroatoms.